The van der Waals surface area contributed by atoms with Gasteiger partial charge in [0, 0.05) is 19.3 Å². The van der Waals surface area contributed by atoms with Crippen molar-refractivity contribution in [1.82, 2.24) is 0 Å². The SMILES string of the molecule is CC/C=C\C/C=C\C/C=C\C/C=C\CCCCCCC(=O)OCC(COC1OC(C(=O)O)C(O)C(O)C1OC(=O)CCCCCCCC/C=C\C/C=C\C/C=C\CCCCC)OC(=O)CCCCCCCCCCCCCCCCC. The van der Waals surface area contributed by atoms with Gasteiger partial charge in [0.1, 0.15) is 18.8 Å². The van der Waals surface area contributed by atoms with E-state index in [4.69, 9.17) is 23.7 Å². The van der Waals surface area contributed by atoms with Crippen LogP contribution in [0.25, 0.3) is 0 Å². The van der Waals surface area contributed by atoms with Crippen molar-refractivity contribution in [3.8, 4) is 0 Å². The van der Waals surface area contributed by atoms with Crippen LogP contribution in [0.4, 0.5) is 0 Å². The zero-order chi connectivity index (χ0) is 58.9. The highest BCUT2D eigenvalue weighted by molar-refractivity contribution is 5.74. The Hall–Kier alpha value is -4.10. The molecule has 0 aromatic rings. The number of carbonyl (C=O) groups excluding carboxylic acids is 3. The highest BCUT2D eigenvalue weighted by Crippen LogP contribution is 2.27. The maximum absolute atomic E-state index is 13.2. The van der Waals surface area contributed by atoms with Crippen LogP contribution < -0.4 is 0 Å². The Morgan fingerprint density at radius 2 is 0.778 bits per heavy atom. The third-order valence-corrected chi connectivity index (χ3v) is 14.5. The van der Waals surface area contributed by atoms with Gasteiger partial charge in [-0.15, -0.1) is 0 Å². The Labute approximate surface area is 492 Å². The lowest BCUT2D eigenvalue weighted by molar-refractivity contribution is -0.301. The number of carboxylic acids is 1. The fourth-order valence-electron chi connectivity index (χ4n) is 9.48. The van der Waals surface area contributed by atoms with Crippen molar-refractivity contribution in [1.29, 1.82) is 0 Å². The summed E-state index contributed by atoms with van der Waals surface area (Å²) in [5, 5.41) is 31.6. The van der Waals surface area contributed by atoms with E-state index >= 15 is 0 Å². The van der Waals surface area contributed by atoms with Crippen molar-refractivity contribution in [3.63, 3.8) is 0 Å². The minimum atomic E-state index is -1.91. The molecule has 12 heteroatoms. The molecule has 12 nitrogen and oxygen atoms in total. The molecule has 1 aliphatic rings. The van der Waals surface area contributed by atoms with Crippen molar-refractivity contribution < 1.29 is 58.2 Å². The summed E-state index contributed by atoms with van der Waals surface area (Å²) in [5.41, 5.74) is 0. The van der Waals surface area contributed by atoms with Gasteiger partial charge in [0.15, 0.2) is 24.6 Å². The van der Waals surface area contributed by atoms with E-state index in [1.54, 1.807) is 0 Å². The van der Waals surface area contributed by atoms with Gasteiger partial charge in [0.05, 0.1) is 6.61 Å². The van der Waals surface area contributed by atoms with Crippen LogP contribution in [0.15, 0.2) is 85.1 Å². The van der Waals surface area contributed by atoms with Crippen LogP contribution in [-0.4, -0.2) is 89.2 Å². The van der Waals surface area contributed by atoms with Crippen LogP contribution >= 0.6 is 0 Å². The average Bonchev–Trinajstić information content (AvgIpc) is 3.53. The minimum Gasteiger partial charge on any atom is -0.479 e. The molecule has 0 aliphatic carbocycles. The number of rotatable bonds is 55. The summed E-state index contributed by atoms with van der Waals surface area (Å²) in [6.45, 7) is 5.86. The van der Waals surface area contributed by atoms with Crippen LogP contribution in [0.2, 0.25) is 0 Å². The van der Waals surface area contributed by atoms with E-state index in [9.17, 15) is 34.5 Å². The molecule has 6 unspecified atom stereocenters. The molecule has 3 N–H and O–H groups in total. The largest absolute Gasteiger partial charge is 0.479 e. The van der Waals surface area contributed by atoms with Crippen LogP contribution in [-0.2, 0) is 42.9 Å². The highest BCUT2D eigenvalue weighted by Gasteiger charge is 2.50. The Kier molecular flexibility index (Phi) is 52.1. The van der Waals surface area contributed by atoms with Crippen molar-refractivity contribution in [2.75, 3.05) is 13.2 Å². The van der Waals surface area contributed by atoms with E-state index in [2.05, 4.69) is 106 Å². The summed E-state index contributed by atoms with van der Waals surface area (Å²) in [6.07, 6.45) is 61.0. The third kappa shape index (κ3) is 46.0. The van der Waals surface area contributed by atoms with Gasteiger partial charge in [0.2, 0.25) is 0 Å². The third-order valence-electron chi connectivity index (χ3n) is 14.5. The van der Waals surface area contributed by atoms with Gasteiger partial charge >= 0.3 is 23.9 Å². The molecule has 0 radical (unpaired) electrons. The van der Waals surface area contributed by atoms with E-state index in [0.717, 1.165) is 122 Å². The summed E-state index contributed by atoms with van der Waals surface area (Å²) >= 11 is 0. The first-order chi connectivity index (χ1) is 39.6. The Morgan fingerprint density at radius 1 is 0.420 bits per heavy atom. The van der Waals surface area contributed by atoms with Crippen LogP contribution in [0.3, 0.4) is 0 Å². The van der Waals surface area contributed by atoms with Crippen molar-refractivity contribution in [3.05, 3.63) is 85.1 Å². The lowest BCUT2D eigenvalue weighted by atomic mass is 9.98. The predicted octanol–water partition coefficient (Wildman–Crippen LogP) is 17.5. The standard InChI is InChI=1S/C69H116O12/c1-4-7-10-13-16-19-22-25-28-30-31-33-36-39-42-45-48-51-54-57-63(72)80-67-65(74)64(73)66(68(75)76)81-69(67)78-59-60(79-62(71)56-53-50-47-44-41-38-34-27-24-21-18-15-12-9-6-3)58-77-61(70)55-52-49-46-43-40-37-35-32-29-26-23-20-17-14-11-8-5-2/h8,11,16-17,19-20,25-26,28-29,31,33,35,37,60,64-67,69,73-74H,4-7,9-10,12-15,18,21-24,27,30,32,34,36,38-59H2,1-3H3,(H,75,76)/b11-8-,19-16-,20-17-,28-25-,29-26-,33-31-,37-35-. The lowest BCUT2D eigenvalue weighted by Crippen LogP contribution is -2.61. The molecule has 0 spiro atoms. The zero-order valence-corrected chi connectivity index (χ0v) is 51.3. The molecule has 0 bridgehead atoms. The number of carbonyl (C=O) groups is 4. The summed E-state index contributed by atoms with van der Waals surface area (Å²) in [7, 11) is 0. The minimum absolute atomic E-state index is 0.0418. The molecule has 464 valence electrons. The van der Waals surface area contributed by atoms with Crippen molar-refractivity contribution >= 4 is 23.9 Å². The molecule has 0 saturated carbocycles. The first-order valence-electron chi connectivity index (χ1n) is 32.6. The topological polar surface area (TPSA) is 175 Å². The molecule has 1 heterocycles. The van der Waals surface area contributed by atoms with E-state index in [-0.39, 0.29) is 25.9 Å². The van der Waals surface area contributed by atoms with Crippen molar-refractivity contribution in [2.24, 2.45) is 0 Å². The molecular formula is C69H116O12. The number of ether oxygens (including phenoxy) is 5. The maximum Gasteiger partial charge on any atom is 0.335 e. The lowest BCUT2D eigenvalue weighted by Gasteiger charge is -2.40. The number of hydrogen-bond acceptors (Lipinski definition) is 11. The Balaban J connectivity index is 2.68. The molecule has 0 amide bonds. The molecule has 1 saturated heterocycles. The fourth-order valence-corrected chi connectivity index (χ4v) is 9.48. The monoisotopic (exact) mass is 1140 g/mol. The van der Waals surface area contributed by atoms with Crippen LogP contribution in [0.1, 0.15) is 278 Å². The van der Waals surface area contributed by atoms with Crippen molar-refractivity contribution in [2.45, 2.75) is 314 Å². The number of aliphatic hydroxyl groups is 2. The molecule has 1 rings (SSSR count). The number of esters is 3. The number of aliphatic carboxylic acids is 1. The zero-order valence-electron chi connectivity index (χ0n) is 51.3. The quantitative estimate of drug-likeness (QED) is 0.0228. The number of aliphatic hydroxyl groups excluding tert-OH is 2. The Bertz CT molecular complexity index is 1730. The van der Waals surface area contributed by atoms with Gasteiger partial charge in [-0.05, 0) is 96.3 Å². The van der Waals surface area contributed by atoms with Gasteiger partial charge in [-0.2, -0.15) is 0 Å². The molecule has 81 heavy (non-hydrogen) atoms. The fraction of sp³-hybridized carbons (Fsp3) is 0.739. The van der Waals surface area contributed by atoms with Gasteiger partial charge in [0.25, 0.3) is 0 Å². The molecular weight excluding hydrogens is 1020 g/mol. The first kappa shape index (κ1) is 74.9. The van der Waals surface area contributed by atoms with Gasteiger partial charge < -0.3 is 39.0 Å². The summed E-state index contributed by atoms with van der Waals surface area (Å²) < 4.78 is 28.5. The number of allylic oxidation sites excluding steroid dienone is 14. The second-order valence-corrected chi connectivity index (χ2v) is 22.0. The highest BCUT2D eigenvalue weighted by atomic mass is 16.7. The van der Waals surface area contributed by atoms with Crippen LogP contribution in [0.5, 0.6) is 0 Å². The van der Waals surface area contributed by atoms with E-state index in [0.29, 0.717) is 19.3 Å². The summed E-state index contributed by atoms with van der Waals surface area (Å²) in [5.74, 6) is -3.16. The number of carboxylic acid groups (broad SMARTS) is 1. The normalized spacial score (nSPS) is 18.3. The summed E-state index contributed by atoms with van der Waals surface area (Å²) in [6, 6.07) is 0. The average molecular weight is 1140 g/mol. The van der Waals surface area contributed by atoms with E-state index < -0.39 is 67.3 Å². The number of unbranched alkanes of at least 4 members (excludes halogenated alkanes) is 27. The summed E-state index contributed by atoms with van der Waals surface area (Å²) in [4.78, 5) is 51.3. The smallest absolute Gasteiger partial charge is 0.335 e. The second-order valence-electron chi connectivity index (χ2n) is 22.0. The predicted molar refractivity (Wildman–Crippen MR) is 331 cm³/mol. The second kappa shape index (κ2) is 56.4. The molecule has 1 fully saturated rings. The van der Waals surface area contributed by atoms with Gasteiger partial charge in [-0.1, -0.05) is 247 Å². The van der Waals surface area contributed by atoms with E-state index in [1.807, 2.05) is 0 Å². The Morgan fingerprint density at radius 3 is 1.21 bits per heavy atom. The number of hydrogen-bond donors (Lipinski definition) is 3. The van der Waals surface area contributed by atoms with Gasteiger partial charge in [-0.25, -0.2) is 4.79 Å². The molecule has 0 aromatic heterocycles. The van der Waals surface area contributed by atoms with Crippen LogP contribution in [0, 0.1) is 0 Å². The molecule has 6 atom stereocenters. The van der Waals surface area contributed by atoms with Gasteiger partial charge in [-0.3, -0.25) is 14.4 Å². The molecule has 0 aromatic carbocycles. The molecule has 1 aliphatic heterocycles. The van der Waals surface area contributed by atoms with E-state index in [1.165, 1.54) is 96.3 Å². The maximum atomic E-state index is 13.2. The first-order valence-corrected chi connectivity index (χ1v) is 32.6.